The van der Waals surface area contributed by atoms with E-state index in [0.29, 0.717) is 19.6 Å². The van der Waals surface area contributed by atoms with Crippen LogP contribution in [0.15, 0.2) is 4.79 Å². The Morgan fingerprint density at radius 1 is 1.29 bits per heavy atom. The van der Waals surface area contributed by atoms with Gasteiger partial charge >= 0.3 is 12.3 Å². The van der Waals surface area contributed by atoms with Gasteiger partial charge in [-0.1, -0.05) is 0 Å². The molecule has 0 spiro atoms. The van der Waals surface area contributed by atoms with Crippen LogP contribution in [0.3, 0.4) is 0 Å². The van der Waals surface area contributed by atoms with Gasteiger partial charge in [0.05, 0.1) is 11.3 Å². The molecule has 1 aromatic heterocycles. The van der Waals surface area contributed by atoms with E-state index in [1.807, 2.05) is 30.7 Å². The number of hydrogen-bond donors (Lipinski definition) is 1. The molecule has 3 heterocycles. The molecule has 3 rings (SSSR count). The summed E-state index contributed by atoms with van der Waals surface area (Å²) in [5.74, 6) is -1.25. The Morgan fingerprint density at radius 3 is 2.64 bits per heavy atom. The molecule has 0 aromatic carbocycles. The average Bonchev–Trinajstić information content (AvgIpc) is 3.01. The van der Waals surface area contributed by atoms with Gasteiger partial charge in [-0.15, -0.1) is 0 Å². The summed E-state index contributed by atoms with van der Waals surface area (Å²) < 4.78 is 43.9. The van der Waals surface area contributed by atoms with Gasteiger partial charge in [-0.25, -0.2) is 9.78 Å². The molecule has 2 aliphatic heterocycles. The van der Waals surface area contributed by atoms with E-state index < -0.39 is 23.2 Å². The first-order chi connectivity index (χ1) is 12.9. The molecule has 1 atom stereocenters. The number of amides is 1. The largest absolute Gasteiger partial charge is 0.449 e. The van der Waals surface area contributed by atoms with E-state index in [-0.39, 0.29) is 36.4 Å². The van der Waals surface area contributed by atoms with Crippen molar-refractivity contribution in [2.24, 2.45) is 0 Å². The number of alkyl halides is 3. The number of likely N-dealkylation sites (tertiary alicyclic amines) is 1. The van der Waals surface area contributed by atoms with Gasteiger partial charge in [0.1, 0.15) is 5.60 Å². The molecule has 1 amide bonds. The number of hydrogen-bond acceptors (Lipinski definition) is 5. The number of ether oxygens (including phenoxy) is 1. The highest BCUT2D eigenvalue weighted by molar-refractivity contribution is 5.69. The van der Waals surface area contributed by atoms with E-state index in [1.165, 1.54) is 0 Å². The fraction of sp³-hybridized carbons (Fsp3) is 0.722. The molecule has 1 saturated heterocycles. The second kappa shape index (κ2) is 7.38. The molecule has 28 heavy (non-hydrogen) atoms. The maximum atomic E-state index is 12.8. The van der Waals surface area contributed by atoms with E-state index in [1.54, 1.807) is 4.90 Å². The van der Waals surface area contributed by atoms with Crippen molar-refractivity contribution in [3.63, 3.8) is 0 Å². The summed E-state index contributed by atoms with van der Waals surface area (Å²) in [6.45, 7) is 7.29. The van der Waals surface area contributed by atoms with Crippen LogP contribution in [0.1, 0.15) is 50.7 Å². The van der Waals surface area contributed by atoms with Crippen LogP contribution in [0.2, 0.25) is 0 Å². The van der Waals surface area contributed by atoms with Gasteiger partial charge in [-0.3, -0.25) is 9.69 Å². The lowest BCUT2D eigenvalue weighted by Gasteiger charge is -2.34. The quantitative estimate of drug-likeness (QED) is 0.823. The average molecular weight is 402 g/mol. The Labute approximate surface area is 160 Å². The molecule has 0 aliphatic carbocycles. The van der Waals surface area contributed by atoms with Gasteiger partial charge < -0.3 is 14.6 Å². The molecule has 0 saturated carbocycles. The third-order valence-corrected chi connectivity index (χ3v) is 4.89. The maximum Gasteiger partial charge on any atom is 0.449 e. The summed E-state index contributed by atoms with van der Waals surface area (Å²) in [6, 6.07) is -0.0436. The number of aromatic amines is 1. The Bertz CT molecular complexity index is 801. The number of carbonyl (C=O) groups excluding carboxylic acids is 1. The first-order valence-corrected chi connectivity index (χ1v) is 9.35. The molecular weight excluding hydrogens is 377 g/mol. The molecule has 1 unspecified atom stereocenters. The molecular formula is C18H25F3N4O3. The molecule has 10 heteroatoms. The van der Waals surface area contributed by atoms with Crippen LogP contribution in [0.25, 0.3) is 0 Å². The van der Waals surface area contributed by atoms with Crippen LogP contribution >= 0.6 is 0 Å². The van der Waals surface area contributed by atoms with E-state index >= 15 is 0 Å². The predicted octanol–water partition coefficient (Wildman–Crippen LogP) is 2.55. The van der Waals surface area contributed by atoms with E-state index in [2.05, 4.69) is 4.98 Å². The minimum absolute atomic E-state index is 0.0436. The summed E-state index contributed by atoms with van der Waals surface area (Å²) >= 11 is 0. The summed E-state index contributed by atoms with van der Waals surface area (Å²) in [7, 11) is 0. The highest BCUT2D eigenvalue weighted by Gasteiger charge is 2.37. The minimum Gasteiger partial charge on any atom is -0.444 e. The van der Waals surface area contributed by atoms with Crippen LogP contribution < -0.4 is 5.56 Å². The molecule has 7 nitrogen and oxygen atoms in total. The van der Waals surface area contributed by atoms with Gasteiger partial charge in [0.15, 0.2) is 0 Å². The Kier molecular flexibility index (Phi) is 5.44. The smallest absolute Gasteiger partial charge is 0.444 e. The SMILES string of the molecule is CC(C)(C)OC(=O)N1CCCC1CN1CCc2nc(C(F)(F)F)[nH]c(=O)c2C1. The summed E-state index contributed by atoms with van der Waals surface area (Å²) in [6.07, 6.45) is -3.08. The van der Waals surface area contributed by atoms with Crippen molar-refractivity contribution in [3.05, 3.63) is 27.4 Å². The Balaban J connectivity index is 1.69. The molecule has 1 N–H and O–H groups in total. The van der Waals surface area contributed by atoms with Gasteiger partial charge in [-0.05, 0) is 33.6 Å². The molecule has 1 aromatic rings. The minimum atomic E-state index is -4.68. The van der Waals surface area contributed by atoms with Crippen molar-refractivity contribution in [1.29, 1.82) is 0 Å². The highest BCUT2D eigenvalue weighted by atomic mass is 19.4. The number of nitrogens with one attached hydrogen (secondary N) is 1. The van der Waals surface area contributed by atoms with Crippen LogP contribution in [-0.2, 0) is 23.9 Å². The maximum absolute atomic E-state index is 12.8. The van der Waals surface area contributed by atoms with Crippen LogP contribution in [0, 0.1) is 0 Å². The van der Waals surface area contributed by atoms with Crippen LogP contribution in [0.5, 0.6) is 0 Å². The van der Waals surface area contributed by atoms with Crippen molar-refractivity contribution >= 4 is 6.09 Å². The Morgan fingerprint density at radius 2 is 2.00 bits per heavy atom. The number of halogens is 3. The van der Waals surface area contributed by atoms with Crippen LogP contribution in [-0.4, -0.2) is 57.1 Å². The highest BCUT2D eigenvalue weighted by Crippen LogP contribution is 2.27. The molecule has 2 aliphatic rings. The van der Waals surface area contributed by atoms with Gasteiger partial charge in [0.25, 0.3) is 5.56 Å². The molecule has 1 fully saturated rings. The fourth-order valence-corrected chi connectivity index (χ4v) is 3.66. The number of carbonyl (C=O) groups is 1. The molecule has 156 valence electrons. The van der Waals surface area contributed by atoms with E-state index in [4.69, 9.17) is 4.74 Å². The number of H-pyrrole nitrogens is 1. The Hall–Kier alpha value is -2.10. The zero-order valence-corrected chi connectivity index (χ0v) is 16.2. The van der Waals surface area contributed by atoms with Crippen LogP contribution in [0.4, 0.5) is 18.0 Å². The topological polar surface area (TPSA) is 78.5 Å². The van der Waals surface area contributed by atoms with Gasteiger partial charge in [-0.2, -0.15) is 13.2 Å². The zero-order chi connectivity index (χ0) is 20.7. The standard InChI is InChI=1S/C18H25F3N4O3/c1-17(2,3)28-16(27)25-7-4-5-11(25)9-24-8-6-13-12(10-24)14(26)23-15(22-13)18(19,20)21/h11H,4-10H2,1-3H3,(H,22,23,26). The van der Waals surface area contributed by atoms with E-state index in [0.717, 1.165) is 12.8 Å². The van der Waals surface area contributed by atoms with Gasteiger partial charge in [0, 0.05) is 38.6 Å². The molecule has 0 bridgehead atoms. The lowest BCUT2D eigenvalue weighted by atomic mass is 10.1. The van der Waals surface area contributed by atoms with Crippen molar-refractivity contribution < 1.29 is 22.7 Å². The summed E-state index contributed by atoms with van der Waals surface area (Å²) in [4.78, 5) is 33.7. The monoisotopic (exact) mass is 402 g/mol. The fourth-order valence-electron chi connectivity index (χ4n) is 3.66. The van der Waals surface area contributed by atoms with Crippen molar-refractivity contribution in [3.8, 4) is 0 Å². The van der Waals surface area contributed by atoms with Crippen molar-refractivity contribution in [2.75, 3.05) is 19.6 Å². The second-order valence-corrected chi connectivity index (χ2v) is 8.29. The molecule has 0 radical (unpaired) electrons. The normalized spacial score (nSPS) is 20.9. The first-order valence-electron chi connectivity index (χ1n) is 9.35. The number of rotatable bonds is 2. The number of nitrogens with zero attached hydrogens (tertiary/aromatic N) is 3. The van der Waals surface area contributed by atoms with E-state index in [9.17, 15) is 22.8 Å². The van der Waals surface area contributed by atoms with Crippen molar-refractivity contribution in [1.82, 2.24) is 19.8 Å². The lowest BCUT2D eigenvalue weighted by molar-refractivity contribution is -0.145. The third kappa shape index (κ3) is 4.65. The zero-order valence-electron chi connectivity index (χ0n) is 16.2. The lowest BCUT2D eigenvalue weighted by Crippen LogP contribution is -2.47. The number of fused-ring (bicyclic) bond motifs is 1. The number of aromatic nitrogens is 2. The van der Waals surface area contributed by atoms with Crippen molar-refractivity contribution in [2.45, 2.75) is 64.4 Å². The second-order valence-electron chi connectivity index (χ2n) is 8.29. The third-order valence-electron chi connectivity index (χ3n) is 4.89. The first kappa shape index (κ1) is 20.6. The summed E-state index contributed by atoms with van der Waals surface area (Å²) in [5, 5.41) is 0. The predicted molar refractivity (Wildman–Crippen MR) is 94.8 cm³/mol. The summed E-state index contributed by atoms with van der Waals surface area (Å²) in [5.41, 5.74) is -0.870. The van der Waals surface area contributed by atoms with Gasteiger partial charge in [0.2, 0.25) is 5.82 Å².